The maximum Gasteiger partial charge on any atom is 0.254 e. The minimum absolute atomic E-state index is 0.0717. The molecular weight excluding hydrogens is 366 g/mol. The van der Waals surface area contributed by atoms with E-state index < -0.39 is 23.3 Å². The van der Waals surface area contributed by atoms with E-state index >= 15 is 0 Å². The van der Waals surface area contributed by atoms with Crippen LogP contribution < -0.4 is 5.32 Å². The van der Waals surface area contributed by atoms with Crippen molar-refractivity contribution in [2.45, 2.75) is 18.0 Å². The second kappa shape index (κ2) is 5.98. The highest BCUT2D eigenvalue weighted by Gasteiger charge is 2.61. The van der Waals surface area contributed by atoms with Crippen molar-refractivity contribution >= 4 is 29.4 Å². The van der Waals surface area contributed by atoms with Crippen LogP contribution in [0.1, 0.15) is 22.3 Å². The largest absolute Gasteiger partial charge is 0.328 e. The molecule has 2 amide bonds. The van der Waals surface area contributed by atoms with Crippen molar-refractivity contribution in [1.82, 2.24) is 14.9 Å². The van der Waals surface area contributed by atoms with E-state index in [9.17, 15) is 18.4 Å². The summed E-state index contributed by atoms with van der Waals surface area (Å²) in [5, 5.41) is 2.83. The zero-order valence-electron chi connectivity index (χ0n) is 13.4. The van der Waals surface area contributed by atoms with Gasteiger partial charge in [0, 0.05) is 22.5 Å². The molecular formula is C17H13ClF2N4O2. The summed E-state index contributed by atoms with van der Waals surface area (Å²) < 4.78 is 27.0. The summed E-state index contributed by atoms with van der Waals surface area (Å²) in [4.78, 5) is 33.4. The molecule has 1 aliphatic carbocycles. The Kier molecular flexibility index (Phi) is 3.87. The van der Waals surface area contributed by atoms with E-state index in [1.807, 2.05) is 0 Å². The highest BCUT2D eigenvalue weighted by molar-refractivity contribution is 6.30. The first-order valence-corrected chi connectivity index (χ1v) is 8.28. The van der Waals surface area contributed by atoms with Crippen molar-refractivity contribution in [3.63, 3.8) is 0 Å². The number of alkyl halides is 1. The molecule has 1 saturated carbocycles. The lowest BCUT2D eigenvalue weighted by atomic mass is 9.86. The molecule has 1 spiro atoms. The van der Waals surface area contributed by atoms with Crippen molar-refractivity contribution < 1.29 is 18.4 Å². The average Bonchev–Trinajstić information content (AvgIpc) is 3.25. The SMILES string of the molecule is O=C(CN1CC2(CC2F)c2cc(Cl)ccc2C1=O)Nc1ncc(F)cn1. The van der Waals surface area contributed by atoms with Gasteiger partial charge in [0.05, 0.1) is 12.4 Å². The van der Waals surface area contributed by atoms with Crippen LogP contribution in [-0.2, 0) is 10.2 Å². The third kappa shape index (κ3) is 2.80. The third-order valence-electron chi connectivity index (χ3n) is 4.70. The fourth-order valence-electron chi connectivity index (χ4n) is 3.33. The second-order valence-electron chi connectivity index (χ2n) is 6.45. The quantitative estimate of drug-likeness (QED) is 0.889. The number of fused-ring (bicyclic) bond motifs is 2. The Labute approximate surface area is 152 Å². The summed E-state index contributed by atoms with van der Waals surface area (Å²) in [6.45, 7) is -0.186. The molecule has 2 aromatic rings. The number of carbonyl (C=O) groups excluding carboxylic acids is 2. The van der Waals surface area contributed by atoms with Gasteiger partial charge in [0.15, 0.2) is 5.82 Å². The van der Waals surface area contributed by atoms with Crippen LogP contribution in [0.25, 0.3) is 0 Å². The van der Waals surface area contributed by atoms with Gasteiger partial charge >= 0.3 is 0 Å². The number of benzene rings is 1. The Hall–Kier alpha value is -2.61. The van der Waals surface area contributed by atoms with E-state index in [0.29, 0.717) is 16.1 Å². The van der Waals surface area contributed by atoms with E-state index in [1.54, 1.807) is 18.2 Å². The molecule has 134 valence electrons. The van der Waals surface area contributed by atoms with E-state index in [1.165, 1.54) is 4.90 Å². The van der Waals surface area contributed by atoms with Gasteiger partial charge in [-0.1, -0.05) is 11.6 Å². The van der Waals surface area contributed by atoms with Gasteiger partial charge in [0.25, 0.3) is 5.91 Å². The van der Waals surface area contributed by atoms with Crippen molar-refractivity contribution in [2.75, 3.05) is 18.4 Å². The van der Waals surface area contributed by atoms with Gasteiger partial charge in [0.1, 0.15) is 12.7 Å². The molecule has 9 heteroatoms. The highest BCUT2D eigenvalue weighted by atomic mass is 35.5. The Bertz CT molecular complexity index is 908. The van der Waals surface area contributed by atoms with Crippen LogP contribution in [0.4, 0.5) is 14.7 Å². The molecule has 1 aromatic carbocycles. The van der Waals surface area contributed by atoms with Crippen LogP contribution in [0.15, 0.2) is 30.6 Å². The lowest BCUT2D eigenvalue weighted by Crippen LogP contribution is -2.47. The highest BCUT2D eigenvalue weighted by Crippen LogP contribution is 2.54. The molecule has 2 heterocycles. The van der Waals surface area contributed by atoms with Crippen LogP contribution >= 0.6 is 11.6 Å². The zero-order chi connectivity index (χ0) is 18.5. The van der Waals surface area contributed by atoms with E-state index in [-0.39, 0.29) is 31.4 Å². The number of nitrogens with one attached hydrogen (secondary N) is 1. The van der Waals surface area contributed by atoms with Gasteiger partial charge in [-0.05, 0) is 30.2 Å². The number of rotatable bonds is 3. The minimum Gasteiger partial charge on any atom is -0.328 e. The normalized spacial score (nSPS) is 23.7. The number of hydrogen-bond acceptors (Lipinski definition) is 4. The maximum atomic E-state index is 14.1. The summed E-state index contributed by atoms with van der Waals surface area (Å²) in [5.74, 6) is -1.61. The molecule has 26 heavy (non-hydrogen) atoms. The molecule has 4 rings (SSSR count). The van der Waals surface area contributed by atoms with Crippen molar-refractivity contribution in [3.05, 3.63) is 52.6 Å². The molecule has 0 radical (unpaired) electrons. The number of carbonyl (C=O) groups is 2. The summed E-state index contributed by atoms with van der Waals surface area (Å²) >= 11 is 6.00. The van der Waals surface area contributed by atoms with E-state index in [0.717, 1.165) is 12.4 Å². The van der Waals surface area contributed by atoms with Crippen LogP contribution in [0.2, 0.25) is 5.02 Å². The molecule has 6 nitrogen and oxygen atoms in total. The minimum atomic E-state index is -1.08. The Morgan fingerprint density at radius 2 is 2.08 bits per heavy atom. The summed E-state index contributed by atoms with van der Waals surface area (Å²) in [5.41, 5.74) is 0.147. The van der Waals surface area contributed by atoms with Crippen molar-refractivity contribution in [2.24, 2.45) is 0 Å². The Morgan fingerprint density at radius 1 is 1.38 bits per heavy atom. The predicted octanol–water partition coefficient (Wildman–Crippen LogP) is 2.34. The van der Waals surface area contributed by atoms with Crippen LogP contribution in [0.3, 0.4) is 0 Å². The van der Waals surface area contributed by atoms with Gasteiger partial charge in [0.2, 0.25) is 11.9 Å². The van der Waals surface area contributed by atoms with Gasteiger partial charge in [-0.25, -0.2) is 18.7 Å². The van der Waals surface area contributed by atoms with Gasteiger partial charge in [-0.2, -0.15) is 0 Å². The van der Waals surface area contributed by atoms with E-state index in [2.05, 4.69) is 15.3 Å². The van der Waals surface area contributed by atoms with Gasteiger partial charge in [-0.15, -0.1) is 0 Å². The van der Waals surface area contributed by atoms with Crippen molar-refractivity contribution in [1.29, 1.82) is 0 Å². The molecule has 1 aliphatic heterocycles. The number of anilines is 1. The number of aromatic nitrogens is 2. The van der Waals surface area contributed by atoms with Crippen LogP contribution in [-0.4, -0.2) is 45.9 Å². The number of nitrogens with zero attached hydrogens (tertiary/aromatic N) is 3. The van der Waals surface area contributed by atoms with Gasteiger partial charge in [-0.3, -0.25) is 14.9 Å². The van der Waals surface area contributed by atoms with Gasteiger partial charge < -0.3 is 4.90 Å². The smallest absolute Gasteiger partial charge is 0.254 e. The number of hydrogen-bond donors (Lipinski definition) is 1. The lowest BCUT2D eigenvalue weighted by molar-refractivity contribution is -0.117. The molecule has 2 unspecified atom stereocenters. The maximum absolute atomic E-state index is 14.1. The molecule has 1 N–H and O–H groups in total. The molecule has 0 saturated heterocycles. The molecule has 1 aromatic heterocycles. The number of amides is 2. The summed E-state index contributed by atoms with van der Waals surface area (Å²) in [7, 11) is 0. The fourth-order valence-corrected chi connectivity index (χ4v) is 3.50. The Morgan fingerprint density at radius 3 is 2.73 bits per heavy atom. The second-order valence-corrected chi connectivity index (χ2v) is 6.89. The monoisotopic (exact) mass is 378 g/mol. The van der Waals surface area contributed by atoms with Crippen LogP contribution in [0.5, 0.6) is 0 Å². The topological polar surface area (TPSA) is 75.2 Å². The predicted molar refractivity (Wildman–Crippen MR) is 89.2 cm³/mol. The molecule has 2 atom stereocenters. The average molecular weight is 379 g/mol. The van der Waals surface area contributed by atoms with E-state index in [4.69, 9.17) is 11.6 Å². The first kappa shape index (κ1) is 16.8. The fraction of sp³-hybridized carbons (Fsp3) is 0.294. The first-order valence-electron chi connectivity index (χ1n) is 7.90. The summed E-state index contributed by atoms with van der Waals surface area (Å²) in [6.07, 6.45) is 1.04. The standard InChI is InChI=1S/C17H13ClF2N4O2/c18-9-1-2-11-12(3-9)17(4-13(17)20)8-24(15(11)26)7-14(25)23-16-21-5-10(19)6-22-16/h1-3,5-6,13H,4,7-8H2,(H,21,22,23,25). The molecule has 2 aliphatic rings. The lowest BCUT2D eigenvalue weighted by Gasteiger charge is -2.34. The van der Waals surface area contributed by atoms with Crippen molar-refractivity contribution in [3.8, 4) is 0 Å². The summed E-state index contributed by atoms with van der Waals surface area (Å²) in [6, 6.07) is 4.75. The molecule has 1 fully saturated rings. The third-order valence-corrected chi connectivity index (χ3v) is 4.93. The van der Waals surface area contributed by atoms with Crippen LogP contribution in [0, 0.1) is 5.82 Å². The molecule has 0 bridgehead atoms. The number of halogens is 3. The zero-order valence-corrected chi connectivity index (χ0v) is 14.1. The first-order chi connectivity index (χ1) is 12.4. The Balaban J connectivity index is 1.54.